The number of carbonyl (C=O) groups excluding carboxylic acids is 1. The number of aliphatic hydroxyl groups excluding tert-OH is 1. The molecule has 0 aliphatic heterocycles. The molecule has 25 heavy (non-hydrogen) atoms. The van der Waals surface area contributed by atoms with Gasteiger partial charge >= 0.3 is 0 Å². The van der Waals surface area contributed by atoms with Gasteiger partial charge in [0.2, 0.25) is 5.76 Å². The van der Waals surface area contributed by atoms with E-state index >= 15 is 0 Å². The minimum absolute atomic E-state index is 0.168. The Morgan fingerprint density at radius 2 is 2.08 bits per heavy atom. The van der Waals surface area contributed by atoms with Gasteiger partial charge in [-0.3, -0.25) is 4.79 Å². The molecule has 3 rings (SSSR count). The van der Waals surface area contributed by atoms with Crippen LogP contribution in [0.1, 0.15) is 38.8 Å². The maximum absolute atomic E-state index is 12.6. The summed E-state index contributed by atoms with van der Waals surface area (Å²) >= 11 is 1.35. The standard InChI is InChI=1S/C18H19N3O3S/c1-11-16(24-12(2)20-11)17(23)21-14(10-13-6-4-3-5-7-13)15(22)18-19-8-9-25-18/h3-9,14-15,22H,10H2,1-2H3,(H,21,23). The number of benzene rings is 1. The molecule has 130 valence electrons. The van der Waals surface area contributed by atoms with E-state index in [1.807, 2.05) is 30.3 Å². The Hall–Kier alpha value is -2.51. The monoisotopic (exact) mass is 357 g/mol. The lowest BCUT2D eigenvalue weighted by Gasteiger charge is -2.22. The second-order valence-electron chi connectivity index (χ2n) is 5.73. The van der Waals surface area contributed by atoms with Crippen molar-refractivity contribution >= 4 is 17.2 Å². The highest BCUT2D eigenvalue weighted by Crippen LogP contribution is 2.22. The number of aliphatic hydroxyl groups is 1. The SMILES string of the molecule is Cc1nc(C)c(C(=O)NC(Cc2ccccc2)C(O)c2nccs2)o1. The van der Waals surface area contributed by atoms with Gasteiger partial charge in [-0.1, -0.05) is 30.3 Å². The van der Waals surface area contributed by atoms with E-state index in [0.29, 0.717) is 23.0 Å². The van der Waals surface area contributed by atoms with Crippen LogP contribution in [0.25, 0.3) is 0 Å². The molecule has 0 aliphatic rings. The van der Waals surface area contributed by atoms with Crippen molar-refractivity contribution in [3.63, 3.8) is 0 Å². The number of thiazole rings is 1. The number of aromatic nitrogens is 2. The minimum atomic E-state index is -0.909. The Labute approximate surface area is 149 Å². The second kappa shape index (κ2) is 7.58. The van der Waals surface area contributed by atoms with Crippen molar-refractivity contribution < 1.29 is 14.3 Å². The first-order chi connectivity index (χ1) is 12.0. The number of hydrogen-bond donors (Lipinski definition) is 2. The third-order valence-corrected chi connectivity index (χ3v) is 4.66. The largest absolute Gasteiger partial charge is 0.436 e. The zero-order chi connectivity index (χ0) is 17.8. The quantitative estimate of drug-likeness (QED) is 0.708. The van der Waals surface area contributed by atoms with Crippen LogP contribution in [0.4, 0.5) is 0 Å². The highest BCUT2D eigenvalue weighted by atomic mass is 32.1. The van der Waals surface area contributed by atoms with Crippen LogP contribution in [0.5, 0.6) is 0 Å². The molecule has 0 saturated carbocycles. The van der Waals surface area contributed by atoms with Crippen molar-refractivity contribution in [3.8, 4) is 0 Å². The lowest BCUT2D eigenvalue weighted by atomic mass is 10.0. The first-order valence-electron chi connectivity index (χ1n) is 7.91. The topological polar surface area (TPSA) is 88.2 Å². The first kappa shape index (κ1) is 17.3. The fourth-order valence-corrected chi connectivity index (χ4v) is 3.32. The van der Waals surface area contributed by atoms with Gasteiger partial charge in [-0.15, -0.1) is 11.3 Å². The second-order valence-corrected chi connectivity index (χ2v) is 6.66. The van der Waals surface area contributed by atoms with E-state index in [1.165, 1.54) is 11.3 Å². The highest BCUT2D eigenvalue weighted by molar-refractivity contribution is 7.09. The Balaban J connectivity index is 1.83. The predicted octanol–water partition coefficient (Wildman–Crippen LogP) is 2.82. The minimum Gasteiger partial charge on any atom is -0.436 e. The molecule has 0 bridgehead atoms. The number of nitrogens with one attached hydrogen (secondary N) is 1. The fraction of sp³-hybridized carbons (Fsp3) is 0.278. The van der Waals surface area contributed by atoms with Gasteiger partial charge in [0.15, 0.2) is 5.89 Å². The Morgan fingerprint density at radius 1 is 1.32 bits per heavy atom. The maximum atomic E-state index is 12.6. The lowest BCUT2D eigenvalue weighted by Crippen LogP contribution is -2.41. The molecular formula is C18H19N3O3S. The number of oxazole rings is 1. The number of rotatable bonds is 6. The van der Waals surface area contributed by atoms with Crippen LogP contribution < -0.4 is 5.32 Å². The van der Waals surface area contributed by atoms with Gasteiger partial charge in [-0.05, 0) is 18.9 Å². The Bertz CT molecular complexity index is 831. The van der Waals surface area contributed by atoms with Gasteiger partial charge in [0.1, 0.15) is 11.1 Å². The molecule has 2 atom stereocenters. The molecule has 6 nitrogen and oxygen atoms in total. The summed E-state index contributed by atoms with van der Waals surface area (Å²) in [6.45, 7) is 3.41. The molecule has 2 aromatic heterocycles. The van der Waals surface area contributed by atoms with Crippen LogP contribution in [0.15, 0.2) is 46.3 Å². The molecule has 1 aromatic carbocycles. The van der Waals surface area contributed by atoms with Gasteiger partial charge in [-0.25, -0.2) is 9.97 Å². The molecule has 3 aromatic rings. The average molecular weight is 357 g/mol. The summed E-state index contributed by atoms with van der Waals surface area (Å²) in [7, 11) is 0. The zero-order valence-corrected chi connectivity index (χ0v) is 14.8. The molecule has 2 heterocycles. The van der Waals surface area contributed by atoms with Crippen LogP contribution in [-0.4, -0.2) is 27.0 Å². The summed E-state index contributed by atoms with van der Waals surface area (Å²) in [5.74, 6) is 0.208. The van der Waals surface area contributed by atoms with Gasteiger partial charge in [0, 0.05) is 18.5 Å². The van der Waals surface area contributed by atoms with Gasteiger partial charge in [-0.2, -0.15) is 0 Å². The fourth-order valence-electron chi connectivity index (χ4n) is 2.64. The average Bonchev–Trinajstić information content (AvgIpc) is 3.24. The number of hydrogen-bond acceptors (Lipinski definition) is 6. The first-order valence-corrected chi connectivity index (χ1v) is 8.79. The number of amides is 1. The van der Waals surface area contributed by atoms with Crippen molar-refractivity contribution in [2.75, 3.05) is 0 Å². The van der Waals surface area contributed by atoms with Crippen molar-refractivity contribution in [2.24, 2.45) is 0 Å². The van der Waals surface area contributed by atoms with Gasteiger partial charge < -0.3 is 14.8 Å². The van der Waals surface area contributed by atoms with Crippen molar-refractivity contribution in [3.05, 3.63) is 69.8 Å². The number of carbonyl (C=O) groups is 1. The van der Waals surface area contributed by atoms with E-state index in [-0.39, 0.29) is 5.76 Å². The Kier molecular flexibility index (Phi) is 5.25. The van der Waals surface area contributed by atoms with E-state index in [9.17, 15) is 9.90 Å². The molecule has 2 unspecified atom stereocenters. The third kappa shape index (κ3) is 4.12. The molecule has 0 radical (unpaired) electrons. The van der Waals surface area contributed by atoms with Crippen LogP contribution in [0, 0.1) is 13.8 Å². The van der Waals surface area contributed by atoms with Crippen LogP contribution >= 0.6 is 11.3 Å². The Morgan fingerprint density at radius 3 is 2.68 bits per heavy atom. The summed E-state index contributed by atoms with van der Waals surface area (Å²) in [6.07, 6.45) is 1.20. The van der Waals surface area contributed by atoms with E-state index in [1.54, 1.807) is 25.4 Å². The van der Waals surface area contributed by atoms with Crippen LogP contribution in [0.2, 0.25) is 0 Å². The molecular weight excluding hydrogens is 338 g/mol. The summed E-state index contributed by atoms with van der Waals surface area (Å²) < 4.78 is 5.38. The van der Waals surface area contributed by atoms with Crippen LogP contribution in [-0.2, 0) is 6.42 Å². The smallest absolute Gasteiger partial charge is 0.289 e. The van der Waals surface area contributed by atoms with E-state index < -0.39 is 18.1 Å². The third-order valence-electron chi connectivity index (χ3n) is 3.81. The number of nitrogens with zero attached hydrogens (tertiary/aromatic N) is 2. The molecule has 0 spiro atoms. The molecule has 0 saturated heterocycles. The van der Waals surface area contributed by atoms with Crippen LogP contribution in [0.3, 0.4) is 0 Å². The lowest BCUT2D eigenvalue weighted by molar-refractivity contribution is 0.0804. The molecule has 2 N–H and O–H groups in total. The zero-order valence-electron chi connectivity index (χ0n) is 14.0. The van der Waals surface area contributed by atoms with Gasteiger partial charge in [0.25, 0.3) is 5.91 Å². The number of aryl methyl sites for hydroxylation is 2. The molecule has 1 amide bonds. The summed E-state index contributed by atoms with van der Waals surface area (Å²) in [5, 5.41) is 15.9. The van der Waals surface area contributed by atoms with Crippen molar-refractivity contribution in [1.82, 2.24) is 15.3 Å². The summed E-state index contributed by atoms with van der Waals surface area (Å²) in [4.78, 5) is 20.9. The predicted molar refractivity (Wildman–Crippen MR) is 94.5 cm³/mol. The molecule has 0 aliphatic carbocycles. The highest BCUT2D eigenvalue weighted by Gasteiger charge is 2.27. The molecule has 7 heteroatoms. The van der Waals surface area contributed by atoms with Crippen molar-refractivity contribution in [2.45, 2.75) is 32.4 Å². The van der Waals surface area contributed by atoms with E-state index in [4.69, 9.17) is 4.42 Å². The summed E-state index contributed by atoms with van der Waals surface area (Å²) in [5.41, 5.74) is 1.53. The summed E-state index contributed by atoms with van der Waals surface area (Å²) in [6, 6.07) is 9.15. The van der Waals surface area contributed by atoms with Gasteiger partial charge in [0.05, 0.1) is 11.7 Å². The maximum Gasteiger partial charge on any atom is 0.289 e. The molecule has 0 fully saturated rings. The van der Waals surface area contributed by atoms with Crippen molar-refractivity contribution in [1.29, 1.82) is 0 Å². The van der Waals surface area contributed by atoms with E-state index in [0.717, 1.165) is 5.56 Å². The normalized spacial score (nSPS) is 13.4. The van der Waals surface area contributed by atoms with E-state index in [2.05, 4.69) is 15.3 Å².